The summed E-state index contributed by atoms with van der Waals surface area (Å²) < 4.78 is 0. The Morgan fingerprint density at radius 3 is 2.94 bits per heavy atom. The molecule has 1 heterocycles. The smallest absolute Gasteiger partial charge is 0.267 e. The van der Waals surface area contributed by atoms with E-state index in [1.807, 2.05) is 38.1 Å². The van der Waals surface area contributed by atoms with Gasteiger partial charge in [-0.3, -0.25) is 4.79 Å². The van der Waals surface area contributed by atoms with Crippen LogP contribution in [0.2, 0.25) is 5.02 Å². The third-order valence-corrected chi connectivity index (χ3v) is 3.05. The van der Waals surface area contributed by atoms with Gasteiger partial charge in [-0.1, -0.05) is 24.6 Å². The maximum atomic E-state index is 11.9. The predicted octanol–water partition coefficient (Wildman–Crippen LogP) is 3.35. The van der Waals surface area contributed by atoms with Gasteiger partial charge in [0.1, 0.15) is 5.69 Å². The van der Waals surface area contributed by atoms with Gasteiger partial charge >= 0.3 is 0 Å². The van der Waals surface area contributed by atoms with Gasteiger partial charge in [0.15, 0.2) is 0 Å². The van der Waals surface area contributed by atoms with E-state index in [-0.39, 0.29) is 11.9 Å². The van der Waals surface area contributed by atoms with Crippen molar-refractivity contribution in [3.05, 3.63) is 35.0 Å². The molecule has 1 amide bonds. The highest BCUT2D eigenvalue weighted by atomic mass is 35.5. The zero-order chi connectivity index (χ0) is 12.4. The van der Waals surface area contributed by atoms with E-state index in [1.165, 1.54) is 0 Å². The maximum Gasteiger partial charge on any atom is 0.267 e. The average molecular weight is 251 g/mol. The molecular formula is C13H15ClN2O. The zero-order valence-electron chi connectivity index (χ0n) is 9.88. The quantitative estimate of drug-likeness (QED) is 0.862. The second kappa shape index (κ2) is 4.80. The van der Waals surface area contributed by atoms with Gasteiger partial charge in [0, 0.05) is 22.0 Å². The molecule has 0 saturated carbocycles. The van der Waals surface area contributed by atoms with Crippen LogP contribution in [0.25, 0.3) is 10.9 Å². The molecule has 1 unspecified atom stereocenters. The van der Waals surface area contributed by atoms with Crippen molar-refractivity contribution in [3.8, 4) is 0 Å². The highest BCUT2D eigenvalue weighted by Crippen LogP contribution is 2.19. The molecule has 2 aromatic rings. The molecule has 1 aromatic heterocycles. The number of hydrogen-bond acceptors (Lipinski definition) is 1. The standard InChI is InChI=1S/C13H15ClN2O/c1-3-8(2)15-13(17)12-6-9-4-5-10(14)7-11(9)16-12/h4-8,16H,3H2,1-2H3,(H,15,17). The van der Waals surface area contributed by atoms with Crippen LogP contribution in [-0.2, 0) is 0 Å². The van der Waals surface area contributed by atoms with E-state index in [2.05, 4.69) is 10.3 Å². The number of amides is 1. The monoisotopic (exact) mass is 250 g/mol. The predicted molar refractivity (Wildman–Crippen MR) is 70.5 cm³/mol. The van der Waals surface area contributed by atoms with Gasteiger partial charge in [0.25, 0.3) is 5.91 Å². The third-order valence-electron chi connectivity index (χ3n) is 2.82. The minimum Gasteiger partial charge on any atom is -0.350 e. The summed E-state index contributed by atoms with van der Waals surface area (Å²) in [5.74, 6) is -0.0772. The van der Waals surface area contributed by atoms with Crippen molar-refractivity contribution in [1.82, 2.24) is 10.3 Å². The molecule has 17 heavy (non-hydrogen) atoms. The van der Waals surface area contributed by atoms with Crippen LogP contribution in [0.15, 0.2) is 24.3 Å². The van der Waals surface area contributed by atoms with E-state index in [0.717, 1.165) is 17.3 Å². The van der Waals surface area contributed by atoms with Crippen molar-refractivity contribution in [3.63, 3.8) is 0 Å². The number of aromatic amines is 1. The Kier molecular flexibility index (Phi) is 3.38. The Morgan fingerprint density at radius 1 is 1.47 bits per heavy atom. The normalized spacial score (nSPS) is 12.6. The lowest BCUT2D eigenvalue weighted by Gasteiger charge is -2.09. The molecule has 0 aliphatic rings. The second-order valence-corrected chi connectivity index (χ2v) is 4.63. The molecule has 0 aliphatic heterocycles. The molecule has 4 heteroatoms. The van der Waals surface area contributed by atoms with E-state index < -0.39 is 0 Å². The van der Waals surface area contributed by atoms with Gasteiger partial charge in [0.2, 0.25) is 0 Å². The van der Waals surface area contributed by atoms with E-state index in [1.54, 1.807) is 0 Å². The Morgan fingerprint density at radius 2 is 2.24 bits per heavy atom. The van der Waals surface area contributed by atoms with Crippen LogP contribution >= 0.6 is 11.6 Å². The highest BCUT2D eigenvalue weighted by Gasteiger charge is 2.11. The fraction of sp³-hybridized carbons (Fsp3) is 0.308. The number of rotatable bonds is 3. The molecule has 0 radical (unpaired) electrons. The van der Waals surface area contributed by atoms with Gasteiger partial charge in [-0.05, 0) is 31.5 Å². The summed E-state index contributed by atoms with van der Waals surface area (Å²) in [4.78, 5) is 15.0. The summed E-state index contributed by atoms with van der Waals surface area (Å²) in [6.07, 6.45) is 0.914. The van der Waals surface area contributed by atoms with Crippen LogP contribution < -0.4 is 5.32 Å². The SMILES string of the molecule is CCC(C)NC(=O)c1cc2ccc(Cl)cc2[nH]1. The fourth-order valence-corrected chi connectivity index (χ4v) is 1.80. The van der Waals surface area contributed by atoms with E-state index >= 15 is 0 Å². The van der Waals surface area contributed by atoms with E-state index in [9.17, 15) is 4.79 Å². The van der Waals surface area contributed by atoms with Crippen molar-refractivity contribution < 1.29 is 4.79 Å². The van der Waals surface area contributed by atoms with Crippen LogP contribution in [0, 0.1) is 0 Å². The lowest BCUT2D eigenvalue weighted by molar-refractivity contribution is 0.0935. The third kappa shape index (κ3) is 2.61. The molecule has 0 spiro atoms. The van der Waals surface area contributed by atoms with E-state index in [4.69, 9.17) is 11.6 Å². The molecule has 1 aromatic carbocycles. The Hall–Kier alpha value is -1.48. The number of hydrogen-bond donors (Lipinski definition) is 2. The minimum atomic E-state index is -0.0772. The molecular weight excluding hydrogens is 236 g/mol. The summed E-state index contributed by atoms with van der Waals surface area (Å²) in [5.41, 5.74) is 1.45. The molecule has 2 rings (SSSR count). The zero-order valence-corrected chi connectivity index (χ0v) is 10.6. The van der Waals surface area contributed by atoms with Crippen LogP contribution in [-0.4, -0.2) is 16.9 Å². The highest BCUT2D eigenvalue weighted by molar-refractivity contribution is 6.31. The largest absolute Gasteiger partial charge is 0.350 e. The summed E-state index contributed by atoms with van der Waals surface area (Å²) in [5, 5.41) is 4.57. The van der Waals surface area contributed by atoms with Crippen molar-refractivity contribution >= 4 is 28.4 Å². The van der Waals surface area contributed by atoms with Crippen molar-refractivity contribution in [2.75, 3.05) is 0 Å². The first-order valence-corrected chi connectivity index (χ1v) is 6.07. The molecule has 0 saturated heterocycles. The fourth-order valence-electron chi connectivity index (χ4n) is 1.63. The van der Waals surface area contributed by atoms with Crippen molar-refractivity contribution in [1.29, 1.82) is 0 Å². The van der Waals surface area contributed by atoms with Gasteiger partial charge in [0.05, 0.1) is 0 Å². The molecule has 3 nitrogen and oxygen atoms in total. The molecule has 2 N–H and O–H groups in total. The first kappa shape index (κ1) is 12.0. The second-order valence-electron chi connectivity index (χ2n) is 4.20. The molecule has 0 bridgehead atoms. The topological polar surface area (TPSA) is 44.9 Å². The van der Waals surface area contributed by atoms with Crippen LogP contribution in [0.3, 0.4) is 0 Å². The van der Waals surface area contributed by atoms with Crippen LogP contribution in [0.1, 0.15) is 30.8 Å². The van der Waals surface area contributed by atoms with Gasteiger partial charge in [-0.2, -0.15) is 0 Å². The summed E-state index contributed by atoms with van der Waals surface area (Å²) in [6, 6.07) is 7.54. The molecule has 0 fully saturated rings. The van der Waals surface area contributed by atoms with Crippen LogP contribution in [0.4, 0.5) is 0 Å². The first-order valence-electron chi connectivity index (χ1n) is 5.69. The summed E-state index contributed by atoms with van der Waals surface area (Å²) >= 11 is 5.89. The number of aromatic nitrogens is 1. The van der Waals surface area contributed by atoms with Crippen LogP contribution in [0.5, 0.6) is 0 Å². The number of nitrogens with one attached hydrogen (secondary N) is 2. The molecule has 1 atom stereocenters. The number of carbonyl (C=O) groups is 1. The Labute approximate surface area is 105 Å². The van der Waals surface area contributed by atoms with Gasteiger partial charge in [-0.15, -0.1) is 0 Å². The minimum absolute atomic E-state index is 0.0772. The summed E-state index contributed by atoms with van der Waals surface area (Å²) in [6.45, 7) is 4.02. The number of carbonyl (C=O) groups excluding carboxylic acids is 1. The average Bonchev–Trinajstić information content (AvgIpc) is 2.71. The number of halogens is 1. The molecule has 0 aliphatic carbocycles. The first-order chi connectivity index (χ1) is 8.10. The van der Waals surface area contributed by atoms with Crippen molar-refractivity contribution in [2.24, 2.45) is 0 Å². The summed E-state index contributed by atoms with van der Waals surface area (Å²) in [7, 11) is 0. The lowest BCUT2D eigenvalue weighted by Crippen LogP contribution is -2.32. The molecule has 90 valence electrons. The van der Waals surface area contributed by atoms with Crippen molar-refractivity contribution in [2.45, 2.75) is 26.3 Å². The Balaban J connectivity index is 2.27. The van der Waals surface area contributed by atoms with Gasteiger partial charge in [-0.25, -0.2) is 0 Å². The number of fused-ring (bicyclic) bond motifs is 1. The van der Waals surface area contributed by atoms with Gasteiger partial charge < -0.3 is 10.3 Å². The van der Waals surface area contributed by atoms with E-state index in [0.29, 0.717) is 10.7 Å². The number of benzene rings is 1. The number of H-pyrrole nitrogens is 1. The maximum absolute atomic E-state index is 11.9. The lowest BCUT2D eigenvalue weighted by atomic mass is 10.2. The Bertz CT molecular complexity index is 547.